The average molecular weight is 753 g/mol. The number of carbonyl (C=O) groups excluding carboxylic acids is 4. The minimum atomic E-state index is -0.449. The molecule has 6 unspecified atom stereocenters. The summed E-state index contributed by atoms with van der Waals surface area (Å²) in [5, 5.41) is 0. The van der Waals surface area contributed by atoms with Crippen molar-refractivity contribution in [3.05, 3.63) is 108 Å². The highest BCUT2D eigenvalue weighted by Gasteiger charge is 2.40. The van der Waals surface area contributed by atoms with E-state index in [2.05, 4.69) is 27.7 Å². The van der Waals surface area contributed by atoms with Crippen LogP contribution in [0.2, 0.25) is 0 Å². The first-order valence-corrected chi connectivity index (χ1v) is 20.4. The van der Waals surface area contributed by atoms with Gasteiger partial charge in [0.15, 0.2) is 0 Å². The lowest BCUT2D eigenvalue weighted by molar-refractivity contribution is -0.155. The van der Waals surface area contributed by atoms with Crippen molar-refractivity contribution in [1.29, 1.82) is 0 Å². The lowest BCUT2D eigenvalue weighted by Gasteiger charge is -2.36. The summed E-state index contributed by atoms with van der Waals surface area (Å²) < 4.78 is 17.6. The molecule has 1 aliphatic carbocycles. The minimum absolute atomic E-state index is 0.0597. The van der Waals surface area contributed by atoms with Gasteiger partial charge in [0.2, 0.25) is 0 Å². The molecule has 0 amide bonds. The standard InChI is InChI=1S/C48H64O7/c1-34(2)41(45(50)53-31-36-16-10-7-11-17-36)25-22-35(3)42(46(51)54-32-37-18-12-8-13-19-37)26-23-39-30-40(44(49)28-29-48(4,5)6)24-27-43(39)47(52)55-33-38-20-14-9-15-21-38/h7-21,34-35,39-43H,22-33H2,1-6H3. The van der Waals surface area contributed by atoms with Gasteiger partial charge in [0, 0.05) is 12.3 Å². The topological polar surface area (TPSA) is 96.0 Å². The van der Waals surface area contributed by atoms with E-state index in [1.807, 2.05) is 105 Å². The van der Waals surface area contributed by atoms with Crippen molar-refractivity contribution >= 4 is 23.7 Å². The Balaban J connectivity index is 1.48. The van der Waals surface area contributed by atoms with Crippen LogP contribution < -0.4 is 0 Å². The number of carbonyl (C=O) groups is 4. The number of esters is 3. The predicted molar refractivity (Wildman–Crippen MR) is 216 cm³/mol. The molecule has 0 saturated heterocycles. The molecule has 55 heavy (non-hydrogen) atoms. The molecule has 298 valence electrons. The molecule has 1 fully saturated rings. The Labute approximate surface area is 329 Å². The fraction of sp³-hybridized carbons (Fsp3) is 0.542. The number of Topliss-reactive ketones (excluding diaryl/α,β-unsaturated/α-hetero) is 1. The monoisotopic (exact) mass is 752 g/mol. The van der Waals surface area contributed by atoms with E-state index in [1.165, 1.54) is 0 Å². The smallest absolute Gasteiger partial charge is 0.309 e. The first-order chi connectivity index (χ1) is 26.3. The molecule has 3 aromatic rings. The van der Waals surface area contributed by atoms with Gasteiger partial charge in [-0.2, -0.15) is 0 Å². The summed E-state index contributed by atoms with van der Waals surface area (Å²) >= 11 is 0. The number of ketones is 1. The first-order valence-electron chi connectivity index (χ1n) is 20.4. The van der Waals surface area contributed by atoms with E-state index < -0.39 is 5.92 Å². The van der Waals surface area contributed by atoms with Crippen molar-refractivity contribution < 1.29 is 33.4 Å². The molecule has 4 rings (SSSR count). The molecule has 0 aromatic heterocycles. The highest BCUT2D eigenvalue weighted by molar-refractivity contribution is 5.82. The van der Waals surface area contributed by atoms with E-state index >= 15 is 0 Å². The molecule has 7 nitrogen and oxygen atoms in total. The SMILES string of the molecule is CC(C)C(CCC(C)C(CCC1CC(C(=O)CCC(C)(C)C)CCC1C(=O)OCc1ccccc1)C(=O)OCc1ccccc1)C(=O)OCc1ccccc1. The Hall–Kier alpha value is -4.26. The number of benzene rings is 3. The van der Waals surface area contributed by atoms with Crippen molar-refractivity contribution in [2.24, 2.45) is 46.8 Å². The van der Waals surface area contributed by atoms with E-state index in [-0.39, 0.29) is 84.4 Å². The van der Waals surface area contributed by atoms with Crippen LogP contribution in [0.4, 0.5) is 0 Å². The summed E-state index contributed by atoms with van der Waals surface area (Å²) in [6, 6.07) is 29.0. The van der Waals surface area contributed by atoms with E-state index in [0.29, 0.717) is 51.4 Å². The van der Waals surface area contributed by atoms with Gasteiger partial charge in [0.25, 0.3) is 0 Å². The number of hydrogen-bond donors (Lipinski definition) is 0. The Kier molecular flexibility index (Phi) is 17.2. The van der Waals surface area contributed by atoms with E-state index in [9.17, 15) is 19.2 Å². The third-order valence-corrected chi connectivity index (χ3v) is 11.4. The molecule has 7 heteroatoms. The lowest BCUT2D eigenvalue weighted by atomic mass is 9.69. The summed E-state index contributed by atoms with van der Waals surface area (Å²) in [6.07, 6.45) is 5.53. The van der Waals surface area contributed by atoms with Gasteiger partial charge < -0.3 is 14.2 Å². The van der Waals surface area contributed by atoms with E-state index in [4.69, 9.17) is 14.2 Å². The third kappa shape index (κ3) is 14.7. The van der Waals surface area contributed by atoms with E-state index in [1.54, 1.807) is 0 Å². The molecule has 6 atom stereocenters. The molecule has 0 aliphatic heterocycles. The predicted octanol–water partition coefficient (Wildman–Crippen LogP) is 10.7. The van der Waals surface area contributed by atoms with Crippen LogP contribution in [0.5, 0.6) is 0 Å². The van der Waals surface area contributed by atoms with Crippen molar-refractivity contribution in [1.82, 2.24) is 0 Å². The number of rotatable bonds is 20. The second-order valence-corrected chi connectivity index (χ2v) is 17.3. The number of ether oxygens (including phenoxy) is 3. The summed E-state index contributed by atoms with van der Waals surface area (Å²) in [7, 11) is 0. The van der Waals surface area contributed by atoms with Crippen LogP contribution in [0.3, 0.4) is 0 Å². The van der Waals surface area contributed by atoms with Crippen molar-refractivity contribution in [2.75, 3.05) is 0 Å². The second-order valence-electron chi connectivity index (χ2n) is 17.3. The Morgan fingerprint density at radius 2 is 1.13 bits per heavy atom. The normalized spacial score (nSPS) is 18.9. The van der Waals surface area contributed by atoms with Gasteiger partial charge in [-0.3, -0.25) is 19.2 Å². The molecule has 0 bridgehead atoms. The molecule has 0 N–H and O–H groups in total. The van der Waals surface area contributed by atoms with Gasteiger partial charge >= 0.3 is 17.9 Å². The second kappa shape index (κ2) is 21.7. The van der Waals surface area contributed by atoms with Gasteiger partial charge in [-0.05, 0) is 91.2 Å². The minimum Gasteiger partial charge on any atom is -0.461 e. The van der Waals surface area contributed by atoms with Crippen molar-refractivity contribution in [2.45, 2.75) is 119 Å². The van der Waals surface area contributed by atoms with Crippen LogP contribution in [-0.4, -0.2) is 23.7 Å². The van der Waals surface area contributed by atoms with Crippen LogP contribution in [0.1, 0.15) is 116 Å². The summed E-state index contributed by atoms with van der Waals surface area (Å²) in [4.78, 5) is 54.5. The van der Waals surface area contributed by atoms with Crippen molar-refractivity contribution in [3.63, 3.8) is 0 Å². The van der Waals surface area contributed by atoms with Crippen LogP contribution in [-0.2, 0) is 53.2 Å². The van der Waals surface area contributed by atoms with Crippen LogP contribution in [0.25, 0.3) is 0 Å². The zero-order valence-corrected chi connectivity index (χ0v) is 34.0. The van der Waals surface area contributed by atoms with Gasteiger partial charge in [0.1, 0.15) is 25.6 Å². The molecule has 1 saturated carbocycles. The number of hydrogen-bond acceptors (Lipinski definition) is 7. The van der Waals surface area contributed by atoms with Crippen LogP contribution in [0.15, 0.2) is 91.0 Å². The fourth-order valence-electron chi connectivity index (χ4n) is 7.79. The average Bonchev–Trinajstić information content (AvgIpc) is 3.18. The lowest BCUT2D eigenvalue weighted by Crippen LogP contribution is -2.36. The van der Waals surface area contributed by atoms with Gasteiger partial charge in [-0.25, -0.2) is 0 Å². The highest BCUT2D eigenvalue weighted by atomic mass is 16.5. The molecule has 1 aliphatic rings. The third-order valence-electron chi connectivity index (χ3n) is 11.4. The Bertz CT molecular complexity index is 1610. The first kappa shape index (κ1) is 43.5. The molecular weight excluding hydrogens is 689 g/mol. The molecular formula is C48H64O7. The highest BCUT2D eigenvalue weighted by Crippen LogP contribution is 2.41. The fourth-order valence-corrected chi connectivity index (χ4v) is 7.79. The van der Waals surface area contributed by atoms with Gasteiger partial charge in [0.05, 0.1) is 17.8 Å². The zero-order valence-electron chi connectivity index (χ0n) is 34.0. The Morgan fingerprint density at radius 3 is 1.62 bits per heavy atom. The van der Waals surface area contributed by atoms with Crippen molar-refractivity contribution in [3.8, 4) is 0 Å². The summed E-state index contributed by atoms with van der Waals surface area (Å²) in [6.45, 7) is 13.2. The summed E-state index contributed by atoms with van der Waals surface area (Å²) in [5.74, 6) is -1.83. The largest absolute Gasteiger partial charge is 0.461 e. The maximum absolute atomic E-state index is 14.0. The molecule has 3 aromatic carbocycles. The maximum atomic E-state index is 14.0. The van der Waals surface area contributed by atoms with E-state index in [0.717, 1.165) is 23.1 Å². The maximum Gasteiger partial charge on any atom is 0.309 e. The zero-order chi connectivity index (χ0) is 39.8. The van der Waals surface area contributed by atoms with Crippen LogP contribution >= 0.6 is 0 Å². The summed E-state index contributed by atoms with van der Waals surface area (Å²) in [5.41, 5.74) is 2.84. The van der Waals surface area contributed by atoms with Gasteiger partial charge in [-0.15, -0.1) is 0 Å². The molecule has 0 spiro atoms. The Morgan fingerprint density at radius 1 is 0.636 bits per heavy atom. The molecule has 0 heterocycles. The van der Waals surface area contributed by atoms with Gasteiger partial charge in [-0.1, -0.05) is 133 Å². The quantitative estimate of drug-likeness (QED) is 0.0837. The molecule has 0 radical (unpaired) electrons. The van der Waals surface area contributed by atoms with Crippen LogP contribution in [0, 0.1) is 46.8 Å².